The first-order valence-corrected chi connectivity index (χ1v) is 7.56. The van der Waals surface area contributed by atoms with Crippen molar-refractivity contribution < 1.29 is 14.9 Å². The molecule has 3 N–H and O–H groups in total. The second-order valence-electron chi connectivity index (χ2n) is 4.59. The minimum atomic E-state index is 0.0177. The van der Waals surface area contributed by atoms with Gasteiger partial charge in [-0.25, -0.2) is 0 Å². The van der Waals surface area contributed by atoms with Crippen LogP contribution < -0.4 is 5.32 Å². The largest absolute Gasteiger partial charge is 0.508 e. The topological polar surface area (TPSA) is 87.5 Å². The SMILES string of the molecule is COCCNCCCc1nnc(-c2cc(O)cc(O)c2)s1. The number of hydrogen-bond donors (Lipinski definition) is 3. The predicted molar refractivity (Wildman–Crippen MR) is 81.7 cm³/mol. The van der Waals surface area contributed by atoms with E-state index in [0.717, 1.165) is 30.9 Å². The number of aromatic hydroxyl groups is 2. The van der Waals surface area contributed by atoms with Crippen LogP contribution in [0.4, 0.5) is 0 Å². The average Bonchev–Trinajstić information content (AvgIpc) is 2.90. The lowest BCUT2D eigenvalue weighted by Crippen LogP contribution is -2.20. The summed E-state index contributed by atoms with van der Waals surface area (Å²) in [6.45, 7) is 2.47. The third-order valence-corrected chi connectivity index (χ3v) is 3.88. The summed E-state index contributed by atoms with van der Waals surface area (Å²) in [4.78, 5) is 0. The molecule has 0 amide bonds. The number of aryl methyl sites for hydroxylation is 1. The first-order chi connectivity index (χ1) is 10.2. The number of rotatable bonds is 8. The number of ether oxygens (including phenoxy) is 1. The molecule has 1 aromatic heterocycles. The molecule has 0 radical (unpaired) electrons. The molecule has 0 aliphatic rings. The van der Waals surface area contributed by atoms with Gasteiger partial charge in [0.1, 0.15) is 21.5 Å². The maximum atomic E-state index is 9.48. The molecule has 0 unspecified atom stereocenters. The van der Waals surface area contributed by atoms with Gasteiger partial charge in [0.25, 0.3) is 0 Å². The van der Waals surface area contributed by atoms with E-state index in [1.165, 1.54) is 17.4 Å². The molecule has 2 aromatic rings. The Morgan fingerprint density at radius 2 is 1.90 bits per heavy atom. The van der Waals surface area contributed by atoms with E-state index in [9.17, 15) is 10.2 Å². The summed E-state index contributed by atoms with van der Waals surface area (Å²) in [5.74, 6) is 0.0354. The van der Waals surface area contributed by atoms with Crippen LogP contribution in [0.1, 0.15) is 11.4 Å². The highest BCUT2D eigenvalue weighted by molar-refractivity contribution is 7.14. The molecule has 0 bridgehead atoms. The molecule has 6 nitrogen and oxygen atoms in total. The minimum absolute atomic E-state index is 0.0177. The van der Waals surface area contributed by atoms with Crippen LogP contribution in [0.2, 0.25) is 0 Å². The minimum Gasteiger partial charge on any atom is -0.508 e. The summed E-state index contributed by atoms with van der Waals surface area (Å²) >= 11 is 1.47. The van der Waals surface area contributed by atoms with Crippen molar-refractivity contribution in [1.29, 1.82) is 0 Å². The monoisotopic (exact) mass is 309 g/mol. The Bertz CT molecular complexity index is 554. The van der Waals surface area contributed by atoms with E-state index in [1.54, 1.807) is 19.2 Å². The predicted octanol–water partition coefficient (Wildman–Crippen LogP) is 1.78. The zero-order valence-corrected chi connectivity index (χ0v) is 12.7. The fourth-order valence-electron chi connectivity index (χ4n) is 1.85. The molecule has 0 atom stereocenters. The zero-order valence-electron chi connectivity index (χ0n) is 11.9. The lowest BCUT2D eigenvalue weighted by molar-refractivity contribution is 0.199. The molecule has 1 heterocycles. The lowest BCUT2D eigenvalue weighted by Gasteiger charge is -2.01. The highest BCUT2D eigenvalue weighted by atomic mass is 32.1. The van der Waals surface area contributed by atoms with Crippen LogP contribution in [0.5, 0.6) is 11.5 Å². The van der Waals surface area contributed by atoms with Crippen LogP contribution in [-0.2, 0) is 11.2 Å². The third kappa shape index (κ3) is 4.96. The van der Waals surface area contributed by atoms with Gasteiger partial charge in [0.2, 0.25) is 0 Å². The van der Waals surface area contributed by atoms with Crippen LogP contribution in [-0.4, -0.2) is 47.2 Å². The molecule has 114 valence electrons. The first-order valence-electron chi connectivity index (χ1n) is 6.74. The fraction of sp³-hybridized carbons (Fsp3) is 0.429. The van der Waals surface area contributed by atoms with Gasteiger partial charge in [-0.2, -0.15) is 0 Å². The number of phenolic OH excluding ortho intramolecular Hbond substituents is 2. The molecule has 0 fully saturated rings. The van der Waals surface area contributed by atoms with Crippen molar-refractivity contribution in [1.82, 2.24) is 15.5 Å². The number of hydrogen-bond acceptors (Lipinski definition) is 7. The van der Waals surface area contributed by atoms with Crippen molar-refractivity contribution in [3.05, 3.63) is 23.2 Å². The Morgan fingerprint density at radius 3 is 2.62 bits per heavy atom. The van der Waals surface area contributed by atoms with Crippen molar-refractivity contribution in [2.45, 2.75) is 12.8 Å². The normalized spacial score (nSPS) is 10.9. The van der Waals surface area contributed by atoms with Gasteiger partial charge in [-0.05, 0) is 25.1 Å². The van der Waals surface area contributed by atoms with Crippen LogP contribution in [0, 0.1) is 0 Å². The highest BCUT2D eigenvalue weighted by Gasteiger charge is 2.08. The van der Waals surface area contributed by atoms with Crippen LogP contribution in [0.25, 0.3) is 10.6 Å². The average molecular weight is 309 g/mol. The Morgan fingerprint density at radius 1 is 1.14 bits per heavy atom. The van der Waals surface area contributed by atoms with E-state index in [1.807, 2.05) is 0 Å². The maximum absolute atomic E-state index is 9.48. The Hall–Kier alpha value is -1.70. The molecule has 0 saturated heterocycles. The molecule has 0 spiro atoms. The van der Waals surface area contributed by atoms with Crippen LogP contribution in [0.15, 0.2) is 18.2 Å². The maximum Gasteiger partial charge on any atom is 0.148 e. The molecule has 0 aliphatic carbocycles. The van der Waals surface area contributed by atoms with Crippen molar-refractivity contribution in [3.8, 4) is 22.1 Å². The number of nitrogens with one attached hydrogen (secondary N) is 1. The van der Waals surface area contributed by atoms with E-state index < -0.39 is 0 Å². The van der Waals surface area contributed by atoms with E-state index in [0.29, 0.717) is 17.2 Å². The van der Waals surface area contributed by atoms with Gasteiger partial charge in [-0.1, -0.05) is 11.3 Å². The van der Waals surface area contributed by atoms with E-state index in [4.69, 9.17) is 4.74 Å². The van der Waals surface area contributed by atoms with Crippen molar-refractivity contribution in [3.63, 3.8) is 0 Å². The fourth-order valence-corrected chi connectivity index (χ4v) is 2.72. The van der Waals surface area contributed by atoms with Gasteiger partial charge in [0.15, 0.2) is 0 Å². The van der Waals surface area contributed by atoms with Gasteiger partial charge >= 0.3 is 0 Å². The summed E-state index contributed by atoms with van der Waals surface area (Å²) in [5, 5.41) is 32.1. The second-order valence-corrected chi connectivity index (χ2v) is 5.65. The standard InChI is InChI=1S/C14H19N3O3S/c1-20-6-5-15-4-2-3-13-16-17-14(21-13)10-7-11(18)9-12(19)8-10/h7-9,15,18-19H,2-6H2,1H3. The van der Waals surface area contributed by atoms with Crippen molar-refractivity contribution in [2.24, 2.45) is 0 Å². The van der Waals surface area contributed by atoms with Gasteiger partial charge < -0.3 is 20.3 Å². The summed E-state index contributed by atoms with van der Waals surface area (Å²) in [7, 11) is 1.68. The van der Waals surface area contributed by atoms with Gasteiger partial charge in [-0.15, -0.1) is 10.2 Å². The van der Waals surface area contributed by atoms with Gasteiger partial charge in [-0.3, -0.25) is 0 Å². The van der Waals surface area contributed by atoms with Gasteiger partial charge in [0.05, 0.1) is 6.61 Å². The van der Waals surface area contributed by atoms with Crippen molar-refractivity contribution >= 4 is 11.3 Å². The number of benzene rings is 1. The third-order valence-electron chi connectivity index (χ3n) is 2.84. The zero-order chi connectivity index (χ0) is 15.1. The number of phenols is 2. The molecule has 1 aromatic carbocycles. The summed E-state index contributed by atoms with van der Waals surface area (Å²) in [6, 6.07) is 4.42. The smallest absolute Gasteiger partial charge is 0.148 e. The Kier molecular flexibility index (Phi) is 5.91. The number of aromatic nitrogens is 2. The Balaban J connectivity index is 1.86. The lowest BCUT2D eigenvalue weighted by atomic mass is 10.2. The molecule has 21 heavy (non-hydrogen) atoms. The van der Waals surface area contributed by atoms with Gasteiger partial charge in [0, 0.05) is 31.7 Å². The van der Waals surface area contributed by atoms with Crippen LogP contribution >= 0.6 is 11.3 Å². The first kappa shape index (κ1) is 15.7. The molecule has 2 rings (SSSR count). The molecular formula is C14H19N3O3S. The quantitative estimate of drug-likeness (QED) is 0.644. The highest BCUT2D eigenvalue weighted by Crippen LogP contribution is 2.30. The summed E-state index contributed by atoms with van der Waals surface area (Å²) < 4.78 is 4.95. The number of methoxy groups -OCH3 is 1. The van der Waals surface area contributed by atoms with Crippen molar-refractivity contribution in [2.75, 3.05) is 26.8 Å². The number of nitrogens with zero attached hydrogens (tertiary/aromatic N) is 2. The molecular weight excluding hydrogens is 290 g/mol. The van der Waals surface area contributed by atoms with E-state index in [-0.39, 0.29) is 11.5 Å². The Labute approximate surface area is 127 Å². The molecule has 0 aliphatic heterocycles. The van der Waals surface area contributed by atoms with Crippen LogP contribution in [0.3, 0.4) is 0 Å². The molecule has 0 saturated carbocycles. The second kappa shape index (κ2) is 7.92. The summed E-state index contributed by atoms with van der Waals surface area (Å²) in [6.07, 6.45) is 1.83. The van der Waals surface area contributed by atoms with E-state index >= 15 is 0 Å². The summed E-state index contributed by atoms with van der Waals surface area (Å²) in [5.41, 5.74) is 0.675. The van der Waals surface area contributed by atoms with E-state index in [2.05, 4.69) is 15.5 Å². The molecule has 7 heteroatoms.